The molecular formula is C18H30N2O2. The maximum atomic E-state index is 9.83. The van der Waals surface area contributed by atoms with Gasteiger partial charge in [-0.05, 0) is 43.5 Å². The molecule has 1 fully saturated rings. The van der Waals surface area contributed by atoms with E-state index >= 15 is 0 Å². The minimum absolute atomic E-state index is 0.219. The molecule has 0 spiro atoms. The molecule has 4 nitrogen and oxygen atoms in total. The summed E-state index contributed by atoms with van der Waals surface area (Å²) < 4.78 is 5.39. The largest absolute Gasteiger partial charge is 0.393 e. The molecule has 0 radical (unpaired) electrons. The third-order valence-corrected chi connectivity index (χ3v) is 4.43. The Bertz CT molecular complexity index is 427. The van der Waals surface area contributed by atoms with Crippen LogP contribution in [0.4, 0.5) is 5.69 Å². The van der Waals surface area contributed by atoms with E-state index in [9.17, 15) is 5.11 Å². The van der Waals surface area contributed by atoms with Crippen molar-refractivity contribution in [3.05, 3.63) is 29.8 Å². The summed E-state index contributed by atoms with van der Waals surface area (Å²) in [5, 5.41) is 13.3. The van der Waals surface area contributed by atoms with Crippen LogP contribution in [0.1, 0.15) is 38.8 Å². The molecule has 124 valence electrons. The SMILES string of the molecule is CC(NCCC(O)C(C)C)c1ccc(N2CCOCC2)cc1. The van der Waals surface area contributed by atoms with Crippen molar-refractivity contribution in [2.75, 3.05) is 37.7 Å². The fraction of sp³-hybridized carbons (Fsp3) is 0.667. The summed E-state index contributed by atoms with van der Waals surface area (Å²) in [6.07, 6.45) is 0.580. The fourth-order valence-electron chi connectivity index (χ4n) is 2.69. The van der Waals surface area contributed by atoms with Gasteiger partial charge in [0.15, 0.2) is 0 Å². The van der Waals surface area contributed by atoms with Crippen molar-refractivity contribution in [1.29, 1.82) is 0 Å². The molecule has 1 heterocycles. The number of hydrogen-bond donors (Lipinski definition) is 2. The highest BCUT2D eigenvalue weighted by atomic mass is 16.5. The second-order valence-corrected chi connectivity index (χ2v) is 6.47. The lowest BCUT2D eigenvalue weighted by Gasteiger charge is -2.29. The first-order chi connectivity index (χ1) is 10.6. The van der Waals surface area contributed by atoms with Gasteiger partial charge in [0, 0.05) is 24.8 Å². The van der Waals surface area contributed by atoms with Crippen LogP contribution in [0.25, 0.3) is 0 Å². The van der Waals surface area contributed by atoms with E-state index in [4.69, 9.17) is 4.74 Å². The molecule has 1 aliphatic heterocycles. The first-order valence-corrected chi connectivity index (χ1v) is 8.42. The molecule has 0 aliphatic carbocycles. The number of benzene rings is 1. The predicted molar refractivity (Wildman–Crippen MR) is 91.4 cm³/mol. The van der Waals surface area contributed by atoms with Gasteiger partial charge in [-0.25, -0.2) is 0 Å². The zero-order valence-electron chi connectivity index (χ0n) is 14.1. The van der Waals surface area contributed by atoms with E-state index in [0.717, 1.165) is 39.3 Å². The zero-order valence-corrected chi connectivity index (χ0v) is 14.1. The Balaban J connectivity index is 1.81. The van der Waals surface area contributed by atoms with Gasteiger partial charge in [0.05, 0.1) is 19.3 Å². The molecule has 0 saturated carbocycles. The number of morpholine rings is 1. The topological polar surface area (TPSA) is 44.7 Å². The molecule has 1 aromatic carbocycles. The van der Waals surface area contributed by atoms with Gasteiger partial charge in [0.25, 0.3) is 0 Å². The number of nitrogens with one attached hydrogen (secondary N) is 1. The monoisotopic (exact) mass is 306 g/mol. The maximum Gasteiger partial charge on any atom is 0.0642 e. The second-order valence-electron chi connectivity index (χ2n) is 6.47. The van der Waals surface area contributed by atoms with Gasteiger partial charge in [0.2, 0.25) is 0 Å². The summed E-state index contributed by atoms with van der Waals surface area (Å²) in [5.74, 6) is 0.324. The lowest BCUT2D eigenvalue weighted by molar-refractivity contribution is 0.115. The van der Waals surface area contributed by atoms with Crippen LogP contribution in [0.2, 0.25) is 0 Å². The number of aliphatic hydroxyl groups is 1. The summed E-state index contributed by atoms with van der Waals surface area (Å²) >= 11 is 0. The summed E-state index contributed by atoms with van der Waals surface area (Å²) in [6.45, 7) is 10.7. The van der Waals surface area contributed by atoms with Crippen LogP contribution in [-0.4, -0.2) is 44.1 Å². The smallest absolute Gasteiger partial charge is 0.0642 e. The molecule has 2 unspecified atom stereocenters. The molecule has 0 amide bonds. The highest BCUT2D eigenvalue weighted by Crippen LogP contribution is 2.20. The lowest BCUT2D eigenvalue weighted by atomic mass is 10.0. The van der Waals surface area contributed by atoms with Gasteiger partial charge in [-0.15, -0.1) is 0 Å². The fourth-order valence-corrected chi connectivity index (χ4v) is 2.69. The van der Waals surface area contributed by atoms with Crippen LogP contribution < -0.4 is 10.2 Å². The minimum atomic E-state index is -0.219. The molecule has 4 heteroatoms. The van der Waals surface area contributed by atoms with E-state index in [1.54, 1.807) is 0 Å². The molecule has 2 atom stereocenters. The van der Waals surface area contributed by atoms with E-state index < -0.39 is 0 Å². The molecule has 2 N–H and O–H groups in total. The van der Waals surface area contributed by atoms with E-state index in [2.05, 4.69) is 55.3 Å². The van der Waals surface area contributed by atoms with Crippen LogP contribution >= 0.6 is 0 Å². The normalized spacial score (nSPS) is 18.5. The third kappa shape index (κ3) is 4.97. The number of hydrogen-bond acceptors (Lipinski definition) is 4. The van der Waals surface area contributed by atoms with Crippen LogP contribution in [-0.2, 0) is 4.74 Å². The van der Waals surface area contributed by atoms with Crippen LogP contribution in [0, 0.1) is 5.92 Å². The highest BCUT2D eigenvalue weighted by Gasteiger charge is 2.13. The summed E-state index contributed by atoms with van der Waals surface area (Å²) in [4.78, 5) is 2.37. The Morgan fingerprint density at radius 1 is 1.14 bits per heavy atom. The van der Waals surface area contributed by atoms with Crippen LogP contribution in [0.3, 0.4) is 0 Å². The van der Waals surface area contributed by atoms with Gasteiger partial charge < -0.3 is 20.1 Å². The molecule has 1 saturated heterocycles. The van der Waals surface area contributed by atoms with Crippen LogP contribution in [0.15, 0.2) is 24.3 Å². The van der Waals surface area contributed by atoms with Crippen molar-refractivity contribution in [1.82, 2.24) is 5.32 Å². The first kappa shape index (κ1) is 17.3. The molecular weight excluding hydrogens is 276 g/mol. The summed E-state index contributed by atoms with van der Waals surface area (Å²) in [5.41, 5.74) is 2.56. The van der Waals surface area contributed by atoms with Crippen molar-refractivity contribution < 1.29 is 9.84 Å². The average molecular weight is 306 g/mol. The number of aliphatic hydroxyl groups excluding tert-OH is 1. The van der Waals surface area contributed by atoms with Crippen molar-refractivity contribution >= 4 is 5.69 Å². The van der Waals surface area contributed by atoms with Crippen molar-refractivity contribution in [2.45, 2.75) is 39.3 Å². The third-order valence-electron chi connectivity index (χ3n) is 4.43. The van der Waals surface area contributed by atoms with E-state index in [0.29, 0.717) is 12.0 Å². The lowest BCUT2D eigenvalue weighted by Crippen LogP contribution is -2.36. The number of nitrogens with zero attached hydrogens (tertiary/aromatic N) is 1. The quantitative estimate of drug-likeness (QED) is 0.813. The first-order valence-electron chi connectivity index (χ1n) is 8.42. The van der Waals surface area contributed by atoms with Gasteiger partial charge in [0.1, 0.15) is 0 Å². The molecule has 1 aromatic rings. The van der Waals surface area contributed by atoms with Crippen LogP contribution in [0.5, 0.6) is 0 Å². The standard InChI is InChI=1S/C18H30N2O2/c1-14(2)18(21)8-9-19-15(3)16-4-6-17(7-5-16)20-10-12-22-13-11-20/h4-7,14-15,18-19,21H,8-13H2,1-3H3. The minimum Gasteiger partial charge on any atom is -0.393 e. The second kappa shape index (κ2) is 8.51. The van der Waals surface area contributed by atoms with E-state index in [1.807, 2.05) is 0 Å². The van der Waals surface area contributed by atoms with Gasteiger partial charge in [-0.1, -0.05) is 26.0 Å². The van der Waals surface area contributed by atoms with E-state index in [-0.39, 0.29) is 6.10 Å². The van der Waals surface area contributed by atoms with Gasteiger partial charge in [-0.2, -0.15) is 0 Å². The average Bonchev–Trinajstić information content (AvgIpc) is 2.55. The van der Waals surface area contributed by atoms with E-state index in [1.165, 1.54) is 11.3 Å². The molecule has 0 bridgehead atoms. The summed E-state index contributed by atoms with van der Waals surface area (Å²) in [6, 6.07) is 9.09. The Labute approximate surface area is 134 Å². The van der Waals surface area contributed by atoms with Crippen molar-refractivity contribution in [3.63, 3.8) is 0 Å². The molecule has 2 rings (SSSR count). The predicted octanol–water partition coefficient (Wildman–Crippen LogP) is 2.58. The Hall–Kier alpha value is -1.10. The molecule has 0 aromatic heterocycles. The Morgan fingerprint density at radius 2 is 1.77 bits per heavy atom. The van der Waals surface area contributed by atoms with Crippen molar-refractivity contribution in [2.24, 2.45) is 5.92 Å². The van der Waals surface area contributed by atoms with Gasteiger partial charge in [-0.3, -0.25) is 0 Å². The highest BCUT2D eigenvalue weighted by molar-refractivity contribution is 5.48. The maximum absolute atomic E-state index is 9.83. The summed E-state index contributed by atoms with van der Waals surface area (Å²) in [7, 11) is 0. The Morgan fingerprint density at radius 3 is 2.36 bits per heavy atom. The molecule has 1 aliphatic rings. The number of rotatable bonds is 7. The number of anilines is 1. The molecule has 22 heavy (non-hydrogen) atoms. The van der Waals surface area contributed by atoms with Crippen molar-refractivity contribution in [3.8, 4) is 0 Å². The zero-order chi connectivity index (χ0) is 15.9. The van der Waals surface area contributed by atoms with Gasteiger partial charge >= 0.3 is 0 Å². The number of ether oxygens (including phenoxy) is 1. The Kier molecular flexibility index (Phi) is 6.68.